The van der Waals surface area contributed by atoms with Crippen LogP contribution in [0.2, 0.25) is 6.32 Å². The van der Waals surface area contributed by atoms with Gasteiger partial charge in [-0.3, -0.25) is 23.4 Å². The molecule has 6 nitrogen and oxygen atoms in total. The van der Waals surface area contributed by atoms with E-state index in [0.717, 1.165) is 35.3 Å². The fraction of sp³-hybridized carbons (Fsp3) is 0.250. The number of hydrogen-bond donors (Lipinski definition) is 2. The Bertz CT molecular complexity index is 1430. The molecule has 3 aliphatic rings. The van der Waals surface area contributed by atoms with E-state index in [1.165, 1.54) is 28.3 Å². The highest BCUT2D eigenvalue weighted by Crippen LogP contribution is 2.41. The molecule has 1 amide bonds. The summed E-state index contributed by atoms with van der Waals surface area (Å²) in [5.41, 5.74) is 7.95. The quantitative estimate of drug-likeness (QED) is 0.303. The van der Waals surface area contributed by atoms with Gasteiger partial charge in [-0.15, -0.1) is 0 Å². The van der Waals surface area contributed by atoms with E-state index >= 15 is 0 Å². The molecule has 8 heteroatoms. The molecule has 184 valence electrons. The molecule has 0 saturated carbocycles. The molecule has 0 aliphatic carbocycles. The van der Waals surface area contributed by atoms with Gasteiger partial charge < -0.3 is 4.74 Å². The number of thiol groups is 1. The maximum absolute atomic E-state index is 13.7. The molecular formula is C28H28BNO5S. The standard InChI is InChI=1S/C28H28BNO5S/c1-18-5-3-6-19(2)28(18)23-8-4-7-20(16-23)24-11-9-21-15-22(10-12-25(21)34-24)26-17-27(31)30-36(26,32)29-13-14-33-35-29/h3-8,10,12,15-17,24,36H,9,11,13-14H2,1-2H3,(H,30,31,32). The highest BCUT2D eigenvalue weighted by molar-refractivity contribution is 8.33. The van der Waals surface area contributed by atoms with E-state index in [4.69, 9.17) is 14.4 Å². The molecule has 1 atom stereocenters. The molecule has 0 radical (unpaired) electrons. The molecule has 3 heterocycles. The summed E-state index contributed by atoms with van der Waals surface area (Å²) in [6.45, 7) is 4.66. The van der Waals surface area contributed by atoms with Crippen molar-refractivity contribution in [1.82, 2.24) is 4.72 Å². The van der Waals surface area contributed by atoms with E-state index in [2.05, 4.69) is 61.0 Å². The van der Waals surface area contributed by atoms with E-state index in [9.17, 15) is 9.00 Å². The Labute approximate surface area is 212 Å². The first-order chi connectivity index (χ1) is 17.4. The molecule has 0 spiro atoms. The van der Waals surface area contributed by atoms with Crippen LogP contribution in [0.3, 0.4) is 0 Å². The number of rotatable bonds is 4. The smallest absolute Gasteiger partial charge is 0.440 e. The number of ether oxygens (including phenoxy) is 1. The Morgan fingerprint density at radius 2 is 1.81 bits per heavy atom. The fourth-order valence-corrected chi connectivity index (χ4v) is 7.94. The van der Waals surface area contributed by atoms with Gasteiger partial charge in [0.25, 0.3) is 5.91 Å². The van der Waals surface area contributed by atoms with Crippen LogP contribution < -0.4 is 9.46 Å². The lowest BCUT2D eigenvalue weighted by Crippen LogP contribution is -2.43. The first-order valence-electron chi connectivity index (χ1n) is 12.3. The average molecular weight is 501 g/mol. The van der Waals surface area contributed by atoms with E-state index in [-0.39, 0.29) is 12.0 Å². The third kappa shape index (κ3) is 3.99. The molecule has 1 saturated heterocycles. The van der Waals surface area contributed by atoms with Crippen LogP contribution >= 0.6 is 0 Å². The van der Waals surface area contributed by atoms with Crippen molar-refractivity contribution < 1.29 is 23.4 Å². The molecule has 6 rings (SSSR count). The van der Waals surface area contributed by atoms with Gasteiger partial charge in [-0.1, -0.05) is 42.5 Å². The monoisotopic (exact) mass is 501 g/mol. The second-order valence-corrected chi connectivity index (χ2v) is 12.3. The topological polar surface area (TPSA) is 73.9 Å². The lowest BCUT2D eigenvalue weighted by atomic mass is 9.91. The minimum Gasteiger partial charge on any atom is -0.485 e. The largest absolute Gasteiger partial charge is 0.485 e. The molecular weight excluding hydrogens is 473 g/mol. The summed E-state index contributed by atoms with van der Waals surface area (Å²) in [5, 5.41) is 0. The summed E-state index contributed by atoms with van der Waals surface area (Å²) in [6.07, 6.45) is 2.86. The first kappa shape index (κ1) is 23.2. The van der Waals surface area contributed by atoms with Gasteiger partial charge in [-0.2, -0.15) is 0 Å². The highest BCUT2D eigenvalue weighted by atomic mass is 32.2. The SMILES string of the molecule is Cc1cccc(C)c1-c1cccc(C2CCc3cc(C4=CC(=O)N[SH]4(=O)B4CCOO4)ccc3O2)c1. The van der Waals surface area contributed by atoms with E-state index < -0.39 is 16.2 Å². The normalized spacial score (nSPS) is 21.4. The Morgan fingerprint density at radius 3 is 2.58 bits per heavy atom. The van der Waals surface area contributed by atoms with Crippen LogP contribution in [0.1, 0.15) is 40.3 Å². The number of hydrogen-bond acceptors (Lipinski definition) is 5. The van der Waals surface area contributed by atoms with Gasteiger partial charge in [0.1, 0.15) is 11.9 Å². The molecule has 0 aromatic heterocycles. The van der Waals surface area contributed by atoms with Crippen molar-refractivity contribution in [2.75, 3.05) is 6.61 Å². The fourth-order valence-electron chi connectivity index (χ4n) is 5.49. The number of fused-ring (bicyclic) bond motifs is 1. The highest BCUT2D eigenvalue weighted by Gasteiger charge is 2.45. The number of carbonyl (C=O) groups excluding carboxylic acids is 1. The van der Waals surface area contributed by atoms with Crippen LogP contribution in [-0.2, 0) is 30.9 Å². The molecule has 3 aromatic rings. The molecule has 36 heavy (non-hydrogen) atoms. The zero-order chi connectivity index (χ0) is 24.9. The minimum absolute atomic E-state index is 0.0447. The van der Waals surface area contributed by atoms with Gasteiger partial charge in [-0.05, 0) is 100 Å². The zero-order valence-corrected chi connectivity index (χ0v) is 21.2. The molecule has 0 bridgehead atoms. The number of aryl methyl sites for hydroxylation is 3. The third-order valence-corrected chi connectivity index (χ3v) is 10.1. The molecule has 3 aliphatic heterocycles. The third-order valence-electron chi connectivity index (χ3n) is 7.26. The van der Waals surface area contributed by atoms with Crippen LogP contribution in [0.15, 0.2) is 66.7 Å². The lowest BCUT2D eigenvalue weighted by Gasteiger charge is -2.28. The van der Waals surface area contributed by atoms with Crippen LogP contribution in [0.4, 0.5) is 0 Å². The summed E-state index contributed by atoms with van der Waals surface area (Å²) >= 11 is 0. The Kier molecular flexibility index (Phi) is 5.83. The van der Waals surface area contributed by atoms with Crippen molar-refractivity contribution in [3.05, 3.63) is 94.6 Å². The van der Waals surface area contributed by atoms with Crippen LogP contribution in [0.25, 0.3) is 16.0 Å². The maximum atomic E-state index is 13.7. The van der Waals surface area contributed by atoms with Gasteiger partial charge in [0.05, 0.1) is 6.61 Å². The predicted molar refractivity (Wildman–Crippen MR) is 143 cm³/mol. The number of carbonyl (C=O) groups is 1. The van der Waals surface area contributed by atoms with Crippen molar-refractivity contribution in [2.45, 2.75) is 39.1 Å². The van der Waals surface area contributed by atoms with Gasteiger partial charge in [0.2, 0.25) is 0 Å². The minimum atomic E-state index is -3.27. The van der Waals surface area contributed by atoms with Gasteiger partial charge >= 0.3 is 6.19 Å². The lowest BCUT2D eigenvalue weighted by molar-refractivity contribution is -0.183. The van der Waals surface area contributed by atoms with Crippen LogP contribution in [0.5, 0.6) is 5.75 Å². The van der Waals surface area contributed by atoms with Crippen molar-refractivity contribution in [2.24, 2.45) is 0 Å². The van der Waals surface area contributed by atoms with Gasteiger partial charge in [-0.25, -0.2) is 0 Å². The van der Waals surface area contributed by atoms with Crippen molar-refractivity contribution in [3.63, 3.8) is 0 Å². The molecule has 1 fully saturated rings. The second-order valence-electron chi connectivity index (χ2n) is 9.69. The zero-order valence-electron chi connectivity index (χ0n) is 20.3. The van der Waals surface area contributed by atoms with Gasteiger partial charge in [0, 0.05) is 11.0 Å². The Balaban J connectivity index is 1.27. The summed E-state index contributed by atoms with van der Waals surface area (Å²) in [4.78, 5) is 22.9. The van der Waals surface area contributed by atoms with E-state index in [1.807, 2.05) is 18.2 Å². The molecule has 1 unspecified atom stereocenters. The number of amides is 1. The summed E-state index contributed by atoms with van der Waals surface area (Å²) in [5.74, 6) is 0.460. The number of nitrogens with one attached hydrogen (secondary N) is 1. The van der Waals surface area contributed by atoms with Crippen LogP contribution in [-0.4, -0.2) is 22.9 Å². The molecule has 1 N–H and O–H groups in total. The van der Waals surface area contributed by atoms with E-state index in [1.54, 1.807) is 0 Å². The maximum Gasteiger partial charge on any atom is 0.440 e. The second kappa shape index (κ2) is 9.03. The van der Waals surface area contributed by atoms with Crippen molar-refractivity contribution in [1.29, 1.82) is 0 Å². The Hall–Kier alpha value is -3.20. The predicted octanol–water partition coefficient (Wildman–Crippen LogP) is 4.89. The van der Waals surface area contributed by atoms with Crippen molar-refractivity contribution >= 4 is 27.0 Å². The summed E-state index contributed by atoms with van der Waals surface area (Å²) < 4.78 is 22.8. The van der Waals surface area contributed by atoms with Crippen molar-refractivity contribution in [3.8, 4) is 16.9 Å². The summed E-state index contributed by atoms with van der Waals surface area (Å²) in [6, 6.07) is 20.8. The van der Waals surface area contributed by atoms with Gasteiger partial charge in [0.15, 0.2) is 0 Å². The van der Waals surface area contributed by atoms with E-state index in [0.29, 0.717) is 17.8 Å². The van der Waals surface area contributed by atoms with Crippen LogP contribution in [0, 0.1) is 13.8 Å². The first-order valence-corrected chi connectivity index (χ1v) is 14.1. The summed E-state index contributed by atoms with van der Waals surface area (Å²) in [7, 11) is -3.27. The number of benzene rings is 3. The molecule has 3 aromatic carbocycles. The average Bonchev–Trinajstić information content (AvgIpc) is 3.52. The Morgan fingerprint density at radius 1 is 1.00 bits per heavy atom.